The normalized spacial score (nSPS) is 24.9. The third-order valence-corrected chi connectivity index (χ3v) is 4.88. The molecule has 4 nitrogen and oxygen atoms in total. The smallest absolute Gasteiger partial charge is 0.249 e. The van der Waals surface area contributed by atoms with Crippen LogP contribution in [0.1, 0.15) is 13.3 Å². The Morgan fingerprint density at radius 1 is 1.26 bits per heavy atom. The van der Waals surface area contributed by atoms with Gasteiger partial charge in [-0.2, -0.15) is 4.31 Å². The Labute approximate surface area is 108 Å². The lowest BCUT2D eigenvalue weighted by Crippen LogP contribution is -2.34. The van der Waals surface area contributed by atoms with Crippen molar-refractivity contribution in [2.75, 3.05) is 13.1 Å². The van der Waals surface area contributed by atoms with Crippen LogP contribution in [-0.2, 0) is 10.0 Å². The molecule has 2 rings (SSSR count). The Bertz CT molecular complexity index is 593. The summed E-state index contributed by atoms with van der Waals surface area (Å²) in [6.45, 7) is 1.12. The first kappa shape index (κ1) is 14.3. The van der Waals surface area contributed by atoms with Crippen molar-refractivity contribution in [2.24, 2.45) is 0 Å². The predicted molar refractivity (Wildman–Crippen MR) is 60.3 cm³/mol. The molecule has 1 atom stereocenters. The Morgan fingerprint density at radius 3 is 2.21 bits per heavy atom. The lowest BCUT2D eigenvalue weighted by molar-refractivity contribution is 0.0762. The van der Waals surface area contributed by atoms with Gasteiger partial charge in [0.05, 0.1) is 5.60 Å². The van der Waals surface area contributed by atoms with Gasteiger partial charge >= 0.3 is 0 Å². The first-order valence-corrected chi connectivity index (χ1v) is 6.94. The van der Waals surface area contributed by atoms with Crippen molar-refractivity contribution in [3.05, 3.63) is 29.6 Å². The molecule has 1 fully saturated rings. The predicted octanol–water partition coefficient (Wildman–Crippen LogP) is 1.25. The average Bonchev–Trinajstić information content (AvgIpc) is 2.57. The van der Waals surface area contributed by atoms with Crippen LogP contribution in [-0.4, -0.2) is 36.5 Å². The van der Waals surface area contributed by atoms with Gasteiger partial charge in [0.25, 0.3) is 0 Å². The Balaban J connectivity index is 2.47. The molecule has 0 spiro atoms. The van der Waals surface area contributed by atoms with Gasteiger partial charge in [-0.3, -0.25) is 0 Å². The molecular weight excluding hydrogens is 283 g/mol. The largest absolute Gasteiger partial charge is 0.389 e. The highest BCUT2D eigenvalue weighted by Crippen LogP contribution is 2.29. The maximum absolute atomic E-state index is 13.5. The second kappa shape index (κ2) is 4.46. The first-order valence-electron chi connectivity index (χ1n) is 5.50. The van der Waals surface area contributed by atoms with Crippen LogP contribution in [0.15, 0.2) is 17.0 Å². The van der Waals surface area contributed by atoms with Crippen LogP contribution < -0.4 is 0 Å². The highest BCUT2D eigenvalue weighted by atomic mass is 32.2. The summed E-state index contributed by atoms with van der Waals surface area (Å²) < 4.78 is 64.7. The van der Waals surface area contributed by atoms with E-state index in [-0.39, 0.29) is 19.5 Å². The number of hydrogen-bond acceptors (Lipinski definition) is 3. The quantitative estimate of drug-likeness (QED) is 0.893. The number of hydrogen-bond donors (Lipinski definition) is 1. The highest BCUT2D eigenvalue weighted by molar-refractivity contribution is 7.89. The van der Waals surface area contributed by atoms with E-state index in [1.807, 2.05) is 0 Å². The van der Waals surface area contributed by atoms with Crippen molar-refractivity contribution >= 4 is 10.0 Å². The average molecular weight is 295 g/mol. The number of sulfonamides is 1. The molecule has 0 aliphatic carbocycles. The van der Waals surface area contributed by atoms with Gasteiger partial charge < -0.3 is 5.11 Å². The maximum atomic E-state index is 13.5. The molecule has 0 radical (unpaired) electrons. The second-order valence-electron chi connectivity index (χ2n) is 4.78. The van der Waals surface area contributed by atoms with E-state index in [1.54, 1.807) is 0 Å². The van der Waals surface area contributed by atoms with Crippen LogP contribution in [0.25, 0.3) is 0 Å². The lowest BCUT2D eigenvalue weighted by Gasteiger charge is -2.19. The third kappa shape index (κ3) is 2.60. The molecule has 1 aromatic carbocycles. The molecule has 1 N–H and O–H groups in total. The van der Waals surface area contributed by atoms with Crippen molar-refractivity contribution in [1.29, 1.82) is 0 Å². The zero-order valence-corrected chi connectivity index (χ0v) is 10.8. The van der Waals surface area contributed by atoms with Crippen molar-refractivity contribution in [2.45, 2.75) is 23.8 Å². The Hall–Kier alpha value is -1.12. The molecule has 1 aliphatic rings. The number of rotatable bonds is 2. The molecule has 0 saturated carbocycles. The fourth-order valence-corrected chi connectivity index (χ4v) is 3.66. The van der Waals surface area contributed by atoms with Crippen molar-refractivity contribution < 1.29 is 26.7 Å². The van der Waals surface area contributed by atoms with E-state index >= 15 is 0 Å². The van der Waals surface area contributed by atoms with E-state index in [4.69, 9.17) is 0 Å². The van der Waals surface area contributed by atoms with E-state index in [0.717, 1.165) is 4.31 Å². The van der Waals surface area contributed by atoms with Gasteiger partial charge in [-0.1, -0.05) is 0 Å². The number of β-amino-alcohol motifs (C(OH)–C–C–N with tert-alkyl or cyclic N) is 1. The fourth-order valence-electron chi connectivity index (χ4n) is 2.01. The van der Waals surface area contributed by atoms with E-state index < -0.39 is 38.0 Å². The third-order valence-electron chi connectivity index (χ3n) is 2.98. The minimum absolute atomic E-state index is 0.0500. The molecule has 106 valence electrons. The topological polar surface area (TPSA) is 57.6 Å². The minimum atomic E-state index is -4.43. The monoisotopic (exact) mass is 295 g/mol. The molecule has 0 bridgehead atoms. The highest BCUT2D eigenvalue weighted by Gasteiger charge is 2.40. The van der Waals surface area contributed by atoms with Crippen LogP contribution in [0.4, 0.5) is 13.2 Å². The summed E-state index contributed by atoms with van der Waals surface area (Å²) in [5.74, 6) is -4.16. The van der Waals surface area contributed by atoms with Gasteiger partial charge in [-0.05, 0) is 13.3 Å². The zero-order chi connectivity index (χ0) is 14.4. The number of halogens is 3. The van der Waals surface area contributed by atoms with E-state index in [1.165, 1.54) is 6.92 Å². The van der Waals surface area contributed by atoms with Crippen molar-refractivity contribution in [1.82, 2.24) is 4.31 Å². The molecule has 0 amide bonds. The first-order chi connectivity index (χ1) is 8.63. The molecular formula is C11H12F3NO3S. The van der Waals surface area contributed by atoms with Crippen LogP contribution in [0.3, 0.4) is 0 Å². The van der Waals surface area contributed by atoms with Crippen LogP contribution in [0, 0.1) is 17.5 Å². The maximum Gasteiger partial charge on any atom is 0.249 e. The van der Waals surface area contributed by atoms with E-state index in [0.29, 0.717) is 12.1 Å². The van der Waals surface area contributed by atoms with Gasteiger partial charge in [-0.25, -0.2) is 21.6 Å². The fraction of sp³-hybridized carbons (Fsp3) is 0.455. The minimum Gasteiger partial charge on any atom is -0.389 e. The molecule has 1 saturated heterocycles. The second-order valence-corrected chi connectivity index (χ2v) is 6.66. The summed E-state index contributed by atoms with van der Waals surface area (Å²) in [7, 11) is -4.43. The molecule has 1 aliphatic heterocycles. The molecule has 8 heteroatoms. The van der Waals surface area contributed by atoms with Gasteiger partial charge in [0.15, 0.2) is 4.90 Å². The standard InChI is InChI=1S/C11H12F3NO3S/c1-11(16)2-3-15(6-11)19(17,18)10-8(13)4-7(12)5-9(10)14/h4-5,16H,2-3,6H2,1H3. The summed E-state index contributed by atoms with van der Waals surface area (Å²) >= 11 is 0. The number of benzene rings is 1. The lowest BCUT2D eigenvalue weighted by atomic mass is 10.1. The van der Waals surface area contributed by atoms with Crippen molar-refractivity contribution in [3.8, 4) is 0 Å². The summed E-state index contributed by atoms with van der Waals surface area (Å²) in [6, 6.07) is 0.619. The van der Waals surface area contributed by atoms with E-state index in [9.17, 15) is 26.7 Å². The Kier molecular flexibility index (Phi) is 3.36. The Morgan fingerprint density at radius 2 is 1.79 bits per heavy atom. The SMILES string of the molecule is CC1(O)CCN(S(=O)(=O)c2c(F)cc(F)cc2F)C1. The molecule has 1 aromatic rings. The van der Waals surface area contributed by atoms with Crippen molar-refractivity contribution in [3.63, 3.8) is 0 Å². The summed E-state index contributed by atoms with van der Waals surface area (Å²) in [5, 5.41) is 9.70. The summed E-state index contributed by atoms with van der Waals surface area (Å²) in [6.07, 6.45) is 0.163. The summed E-state index contributed by atoms with van der Waals surface area (Å²) in [4.78, 5) is -1.19. The van der Waals surface area contributed by atoms with Gasteiger partial charge in [0, 0.05) is 25.2 Å². The van der Waals surface area contributed by atoms with Gasteiger partial charge in [0.1, 0.15) is 17.5 Å². The van der Waals surface area contributed by atoms with Crippen LogP contribution in [0.2, 0.25) is 0 Å². The molecule has 1 heterocycles. The number of aliphatic hydroxyl groups is 1. The van der Waals surface area contributed by atoms with Gasteiger partial charge in [-0.15, -0.1) is 0 Å². The molecule has 0 aromatic heterocycles. The van der Waals surface area contributed by atoms with Gasteiger partial charge in [0.2, 0.25) is 10.0 Å². The summed E-state index contributed by atoms with van der Waals surface area (Å²) in [5.41, 5.74) is -1.24. The molecule has 1 unspecified atom stereocenters. The van der Waals surface area contributed by atoms with Crippen LogP contribution >= 0.6 is 0 Å². The van der Waals surface area contributed by atoms with Crippen LogP contribution in [0.5, 0.6) is 0 Å². The number of nitrogens with zero attached hydrogens (tertiary/aromatic N) is 1. The molecule has 19 heavy (non-hydrogen) atoms. The zero-order valence-electron chi connectivity index (χ0n) is 10.0. The van der Waals surface area contributed by atoms with E-state index in [2.05, 4.69) is 0 Å².